The molecule has 184 valence electrons. The first-order valence-corrected chi connectivity index (χ1v) is 12.6. The van der Waals surface area contributed by atoms with Gasteiger partial charge in [0.25, 0.3) is 0 Å². The molecule has 0 bridgehead atoms. The first kappa shape index (κ1) is 22.9. The number of anilines is 4. The van der Waals surface area contributed by atoms with E-state index in [1.54, 1.807) is 12.4 Å². The van der Waals surface area contributed by atoms with E-state index in [1.807, 2.05) is 71.8 Å². The second-order valence-electron chi connectivity index (χ2n) is 9.56. The van der Waals surface area contributed by atoms with Gasteiger partial charge in [0.15, 0.2) is 0 Å². The summed E-state index contributed by atoms with van der Waals surface area (Å²) in [6.07, 6.45) is 7.58. The number of rotatable bonds is 7. The second-order valence-corrected chi connectivity index (χ2v) is 9.56. The van der Waals surface area contributed by atoms with Crippen molar-refractivity contribution in [2.24, 2.45) is 5.92 Å². The minimum Gasteiger partial charge on any atom is -0.339 e. The second kappa shape index (κ2) is 9.85. The fraction of sp³-hybridized carbons (Fsp3) is 0.200. The van der Waals surface area contributed by atoms with Crippen molar-refractivity contribution in [1.82, 2.24) is 9.97 Å². The van der Waals surface area contributed by atoms with E-state index in [9.17, 15) is 9.59 Å². The highest BCUT2D eigenvalue weighted by atomic mass is 16.2. The fourth-order valence-corrected chi connectivity index (χ4v) is 4.91. The van der Waals surface area contributed by atoms with Gasteiger partial charge in [0.2, 0.25) is 11.8 Å². The Labute approximate surface area is 215 Å². The number of hydrogen-bond donors (Lipinski definition) is 2. The maximum atomic E-state index is 12.7. The van der Waals surface area contributed by atoms with Crippen LogP contribution in [0.2, 0.25) is 0 Å². The van der Waals surface area contributed by atoms with Gasteiger partial charge in [-0.2, -0.15) is 0 Å². The SMILES string of the molecule is O=C(Nc1cncc(Nc2ccc(-c3ccc(N4CCCC4=O)cc3)cn2)c1)C1CC1c1ccccc1. The van der Waals surface area contributed by atoms with Crippen molar-refractivity contribution in [2.45, 2.75) is 25.2 Å². The van der Waals surface area contributed by atoms with Gasteiger partial charge in [0.05, 0.1) is 23.8 Å². The minimum absolute atomic E-state index is 0.00173. The molecule has 2 amide bonds. The molecule has 2 N–H and O–H groups in total. The molecule has 2 unspecified atom stereocenters. The van der Waals surface area contributed by atoms with E-state index in [-0.39, 0.29) is 23.7 Å². The Bertz CT molecular complexity index is 1420. The van der Waals surface area contributed by atoms with Crippen LogP contribution in [0.5, 0.6) is 0 Å². The van der Waals surface area contributed by atoms with E-state index in [0.717, 1.165) is 41.9 Å². The summed E-state index contributed by atoms with van der Waals surface area (Å²) in [5.41, 5.74) is 5.57. The zero-order valence-corrected chi connectivity index (χ0v) is 20.3. The number of amides is 2. The van der Waals surface area contributed by atoms with Gasteiger partial charge in [-0.05, 0) is 60.2 Å². The molecule has 1 saturated carbocycles. The molecule has 2 aromatic carbocycles. The number of nitrogens with zero attached hydrogens (tertiary/aromatic N) is 3. The third-order valence-corrected chi connectivity index (χ3v) is 6.98. The molecule has 2 aliphatic rings. The molecule has 3 heterocycles. The average Bonchev–Trinajstić information content (AvgIpc) is 3.63. The molecule has 37 heavy (non-hydrogen) atoms. The topological polar surface area (TPSA) is 87.2 Å². The molecule has 1 aliphatic heterocycles. The van der Waals surface area contributed by atoms with Crippen LogP contribution in [-0.2, 0) is 9.59 Å². The lowest BCUT2D eigenvalue weighted by molar-refractivity contribution is -0.118. The van der Waals surface area contributed by atoms with Gasteiger partial charge in [-0.3, -0.25) is 14.6 Å². The first-order valence-electron chi connectivity index (χ1n) is 12.6. The molecule has 0 spiro atoms. The molecule has 1 aliphatic carbocycles. The summed E-state index contributed by atoms with van der Waals surface area (Å²) in [6, 6.07) is 23.9. The zero-order chi connectivity index (χ0) is 25.2. The summed E-state index contributed by atoms with van der Waals surface area (Å²) in [4.78, 5) is 35.3. The maximum absolute atomic E-state index is 12.7. The van der Waals surface area contributed by atoms with Crippen molar-refractivity contribution < 1.29 is 9.59 Å². The van der Waals surface area contributed by atoms with E-state index in [4.69, 9.17) is 0 Å². The molecule has 2 atom stereocenters. The van der Waals surface area contributed by atoms with Crippen molar-refractivity contribution in [3.63, 3.8) is 0 Å². The quantitative estimate of drug-likeness (QED) is 0.345. The van der Waals surface area contributed by atoms with Gasteiger partial charge >= 0.3 is 0 Å². The summed E-state index contributed by atoms with van der Waals surface area (Å²) in [5, 5.41) is 6.26. The minimum atomic E-state index is -0.00173. The number of carbonyl (C=O) groups is 2. The highest BCUT2D eigenvalue weighted by Gasteiger charge is 2.43. The normalized spacial score (nSPS) is 18.5. The predicted molar refractivity (Wildman–Crippen MR) is 145 cm³/mol. The van der Waals surface area contributed by atoms with Crippen LogP contribution in [0.25, 0.3) is 11.1 Å². The van der Waals surface area contributed by atoms with Crippen molar-refractivity contribution in [1.29, 1.82) is 0 Å². The lowest BCUT2D eigenvalue weighted by atomic mass is 10.1. The molecule has 0 radical (unpaired) electrons. The number of nitrogens with one attached hydrogen (secondary N) is 2. The number of aromatic nitrogens is 2. The molecular weight excluding hydrogens is 462 g/mol. The standard InChI is InChI=1S/C30H27N5O2/c36-29-7-4-14-35(29)25-11-8-20(9-12-25)22-10-13-28(32-17-22)33-23-15-24(19-31-18-23)34-30(37)27-16-26(27)21-5-2-1-3-6-21/h1-3,5-6,8-13,15,17-19,26-27H,4,7,14,16H2,(H,32,33)(H,34,37). The Kier molecular flexibility index (Phi) is 6.10. The number of hydrogen-bond acceptors (Lipinski definition) is 5. The lowest BCUT2D eigenvalue weighted by Crippen LogP contribution is -2.23. The lowest BCUT2D eigenvalue weighted by Gasteiger charge is -2.16. The molecule has 7 heteroatoms. The third-order valence-electron chi connectivity index (χ3n) is 6.98. The van der Waals surface area contributed by atoms with Crippen LogP contribution in [0.3, 0.4) is 0 Å². The van der Waals surface area contributed by atoms with Crippen molar-refractivity contribution in [2.75, 3.05) is 22.1 Å². The highest BCUT2D eigenvalue weighted by Crippen LogP contribution is 2.47. The van der Waals surface area contributed by atoms with Gasteiger partial charge in [-0.25, -0.2) is 4.98 Å². The third kappa shape index (κ3) is 5.07. The Morgan fingerprint density at radius 2 is 1.68 bits per heavy atom. The molecule has 1 saturated heterocycles. The summed E-state index contributed by atoms with van der Waals surface area (Å²) < 4.78 is 0. The average molecular weight is 490 g/mol. The van der Waals surface area contributed by atoms with Crippen LogP contribution in [0.1, 0.15) is 30.7 Å². The van der Waals surface area contributed by atoms with Crippen LogP contribution >= 0.6 is 0 Å². The van der Waals surface area contributed by atoms with Crippen molar-refractivity contribution >= 4 is 34.7 Å². The van der Waals surface area contributed by atoms with Crippen LogP contribution in [0.15, 0.2) is 91.4 Å². The Hall–Kier alpha value is -4.52. The Morgan fingerprint density at radius 3 is 2.41 bits per heavy atom. The molecule has 2 fully saturated rings. The van der Waals surface area contributed by atoms with E-state index in [0.29, 0.717) is 17.9 Å². The maximum Gasteiger partial charge on any atom is 0.228 e. The molecule has 6 rings (SSSR count). The van der Waals surface area contributed by atoms with Crippen molar-refractivity contribution in [3.8, 4) is 11.1 Å². The van der Waals surface area contributed by atoms with Crippen LogP contribution < -0.4 is 15.5 Å². The zero-order valence-electron chi connectivity index (χ0n) is 20.3. The Balaban J connectivity index is 1.07. The van der Waals surface area contributed by atoms with Crippen LogP contribution in [0.4, 0.5) is 22.9 Å². The van der Waals surface area contributed by atoms with Gasteiger partial charge < -0.3 is 15.5 Å². The van der Waals surface area contributed by atoms with Gasteiger partial charge in [0, 0.05) is 36.3 Å². The highest BCUT2D eigenvalue weighted by molar-refractivity contribution is 5.96. The van der Waals surface area contributed by atoms with Gasteiger partial charge in [-0.15, -0.1) is 0 Å². The number of carbonyl (C=O) groups excluding carboxylic acids is 2. The van der Waals surface area contributed by atoms with Crippen LogP contribution in [-0.4, -0.2) is 28.3 Å². The molecule has 7 nitrogen and oxygen atoms in total. The largest absolute Gasteiger partial charge is 0.339 e. The van der Waals surface area contributed by atoms with Crippen LogP contribution in [0, 0.1) is 5.92 Å². The first-order chi connectivity index (χ1) is 18.1. The van der Waals surface area contributed by atoms with Crippen molar-refractivity contribution in [3.05, 3.63) is 97.0 Å². The molecular formula is C30H27N5O2. The van der Waals surface area contributed by atoms with E-state index in [2.05, 4.69) is 32.7 Å². The number of benzene rings is 2. The fourth-order valence-electron chi connectivity index (χ4n) is 4.91. The van der Waals surface area contributed by atoms with E-state index < -0.39 is 0 Å². The monoisotopic (exact) mass is 489 g/mol. The van der Waals surface area contributed by atoms with E-state index in [1.165, 1.54) is 5.56 Å². The summed E-state index contributed by atoms with van der Waals surface area (Å²) in [6.45, 7) is 0.786. The summed E-state index contributed by atoms with van der Waals surface area (Å²) in [5.74, 6) is 1.18. The molecule has 2 aromatic heterocycles. The smallest absolute Gasteiger partial charge is 0.228 e. The van der Waals surface area contributed by atoms with Gasteiger partial charge in [0.1, 0.15) is 5.82 Å². The molecule has 4 aromatic rings. The predicted octanol–water partition coefficient (Wildman–Crippen LogP) is 5.76. The van der Waals surface area contributed by atoms with Gasteiger partial charge in [-0.1, -0.05) is 42.5 Å². The summed E-state index contributed by atoms with van der Waals surface area (Å²) >= 11 is 0. The van der Waals surface area contributed by atoms with E-state index >= 15 is 0 Å². The Morgan fingerprint density at radius 1 is 0.892 bits per heavy atom. The number of pyridine rings is 2. The summed E-state index contributed by atoms with van der Waals surface area (Å²) in [7, 11) is 0.